The molecule has 0 bridgehead atoms. The molecule has 3 aromatic carbocycles. The van der Waals surface area contributed by atoms with Crippen LogP contribution in [0.4, 0.5) is 0 Å². The lowest BCUT2D eigenvalue weighted by Crippen LogP contribution is -2.23. The summed E-state index contributed by atoms with van der Waals surface area (Å²) >= 11 is 19.1. The highest BCUT2D eigenvalue weighted by Crippen LogP contribution is 2.36. The Morgan fingerprint density at radius 1 is 1.06 bits per heavy atom. The number of carbonyl (C=O) groups is 1. The Balaban J connectivity index is 1.72. The van der Waals surface area contributed by atoms with Crippen molar-refractivity contribution in [2.24, 2.45) is 0 Å². The molecule has 0 aromatic heterocycles. The molecule has 4 nitrogen and oxygen atoms in total. The van der Waals surface area contributed by atoms with Gasteiger partial charge in [-0.05, 0) is 73.3 Å². The van der Waals surface area contributed by atoms with E-state index in [0.29, 0.717) is 36.8 Å². The van der Waals surface area contributed by atoms with Crippen molar-refractivity contribution in [3.63, 3.8) is 0 Å². The molecule has 0 aliphatic rings. The van der Waals surface area contributed by atoms with E-state index in [2.05, 4.69) is 37.2 Å². The van der Waals surface area contributed by atoms with Gasteiger partial charge in [-0.25, -0.2) is 0 Å². The maximum atomic E-state index is 12.4. The molecule has 162 valence electrons. The van der Waals surface area contributed by atoms with Crippen LogP contribution < -0.4 is 10.1 Å². The average Bonchev–Trinajstić information content (AvgIpc) is 2.77. The lowest BCUT2D eigenvalue weighted by atomic mass is 10.1. The Hall–Kier alpha value is -2.30. The van der Waals surface area contributed by atoms with Crippen molar-refractivity contribution in [1.82, 2.24) is 5.32 Å². The third kappa shape index (κ3) is 6.60. The predicted molar refractivity (Wildman–Crippen MR) is 135 cm³/mol. The van der Waals surface area contributed by atoms with E-state index in [1.54, 1.807) is 30.3 Å². The van der Waals surface area contributed by atoms with Gasteiger partial charge in [0.1, 0.15) is 24.0 Å². The number of benzene rings is 3. The first kappa shape index (κ1) is 24.3. The monoisotopic (exact) mass is 592 g/mol. The van der Waals surface area contributed by atoms with Crippen LogP contribution in [0.3, 0.4) is 0 Å². The van der Waals surface area contributed by atoms with Crippen LogP contribution in [0.1, 0.15) is 16.7 Å². The quantitative estimate of drug-likeness (QED) is 0.230. The van der Waals surface area contributed by atoms with Crippen molar-refractivity contribution in [2.45, 2.75) is 13.2 Å². The Labute approximate surface area is 213 Å². The zero-order chi connectivity index (χ0) is 23.1. The Morgan fingerprint density at radius 2 is 1.75 bits per heavy atom. The fourth-order valence-electron chi connectivity index (χ4n) is 2.78. The zero-order valence-corrected chi connectivity index (χ0v) is 21.2. The summed E-state index contributed by atoms with van der Waals surface area (Å²) in [6.07, 6.45) is 1.52. The largest absolute Gasteiger partial charge is 0.486 e. The number of carbonyl (C=O) groups excluding carboxylic acids is 1. The normalized spacial score (nSPS) is 11.0. The number of nitriles is 1. The fraction of sp³-hybridized carbons (Fsp3) is 0.0833. The highest BCUT2D eigenvalue weighted by molar-refractivity contribution is 9.11. The van der Waals surface area contributed by atoms with Crippen LogP contribution in [0.25, 0.3) is 6.08 Å². The third-order valence-corrected chi connectivity index (χ3v) is 6.14. The van der Waals surface area contributed by atoms with Gasteiger partial charge in [0.25, 0.3) is 5.91 Å². The minimum Gasteiger partial charge on any atom is -0.486 e. The second-order valence-electron chi connectivity index (χ2n) is 6.68. The number of nitrogens with one attached hydrogen (secondary N) is 1. The van der Waals surface area contributed by atoms with Crippen LogP contribution in [-0.4, -0.2) is 5.91 Å². The zero-order valence-electron chi connectivity index (χ0n) is 16.5. The molecule has 32 heavy (non-hydrogen) atoms. The first-order valence-corrected chi connectivity index (χ1v) is 11.7. The number of halogens is 4. The number of nitrogens with zero attached hydrogens (tertiary/aromatic N) is 1. The molecule has 0 radical (unpaired) electrons. The molecule has 1 N–H and O–H groups in total. The van der Waals surface area contributed by atoms with Crippen LogP contribution in [0.15, 0.2) is 75.2 Å². The topological polar surface area (TPSA) is 62.1 Å². The smallest absolute Gasteiger partial charge is 0.262 e. The number of amides is 1. The highest BCUT2D eigenvalue weighted by atomic mass is 79.9. The minimum atomic E-state index is -0.443. The molecule has 0 saturated carbocycles. The van der Waals surface area contributed by atoms with Crippen molar-refractivity contribution in [1.29, 1.82) is 5.26 Å². The molecule has 0 unspecified atom stereocenters. The number of rotatable bonds is 7. The standard InChI is InChI=1S/C24H16Br2Cl2N2O2/c25-20-9-16(8-18(12-29)24(31)30-13-15-4-2-1-3-5-15)10-21(26)23(20)32-14-17-6-7-19(27)11-22(17)28/h1-11H,13-14H2,(H,30,31)/b18-8-. The van der Waals surface area contributed by atoms with Gasteiger partial charge in [-0.15, -0.1) is 0 Å². The molecule has 0 aliphatic heterocycles. The van der Waals surface area contributed by atoms with Gasteiger partial charge in [0.2, 0.25) is 0 Å². The first-order chi connectivity index (χ1) is 15.4. The summed E-state index contributed by atoms with van der Waals surface area (Å²) in [6.45, 7) is 0.583. The van der Waals surface area contributed by atoms with Crippen molar-refractivity contribution >= 4 is 67.0 Å². The Morgan fingerprint density at radius 3 is 2.38 bits per heavy atom. The van der Waals surface area contributed by atoms with Gasteiger partial charge in [-0.2, -0.15) is 5.26 Å². The number of hydrogen-bond donors (Lipinski definition) is 1. The molecule has 8 heteroatoms. The van der Waals surface area contributed by atoms with Gasteiger partial charge in [0.05, 0.1) is 8.95 Å². The molecule has 0 atom stereocenters. The minimum absolute atomic E-state index is 0.00125. The summed E-state index contributed by atoms with van der Waals surface area (Å²) in [4.78, 5) is 12.4. The van der Waals surface area contributed by atoms with E-state index in [4.69, 9.17) is 27.9 Å². The van der Waals surface area contributed by atoms with Crippen molar-refractivity contribution < 1.29 is 9.53 Å². The summed E-state index contributed by atoms with van der Waals surface area (Å²) in [5.74, 6) is 0.126. The summed E-state index contributed by atoms with van der Waals surface area (Å²) in [7, 11) is 0. The molecule has 1 amide bonds. The summed E-state index contributed by atoms with van der Waals surface area (Å²) in [5, 5.41) is 13.3. The van der Waals surface area contributed by atoms with E-state index in [-0.39, 0.29) is 12.2 Å². The Kier molecular flexibility index (Phi) is 8.77. The second kappa shape index (κ2) is 11.5. The van der Waals surface area contributed by atoms with Crippen molar-refractivity contribution in [3.8, 4) is 11.8 Å². The lowest BCUT2D eigenvalue weighted by Gasteiger charge is -2.12. The molecule has 0 heterocycles. The van der Waals surface area contributed by atoms with Crippen LogP contribution in [0, 0.1) is 11.3 Å². The molecular formula is C24H16Br2Cl2N2O2. The van der Waals surface area contributed by atoms with Crippen LogP contribution in [0.2, 0.25) is 10.0 Å². The van der Waals surface area contributed by atoms with Crippen LogP contribution in [0.5, 0.6) is 5.75 Å². The van der Waals surface area contributed by atoms with E-state index >= 15 is 0 Å². The van der Waals surface area contributed by atoms with Crippen LogP contribution >= 0.6 is 55.1 Å². The molecular weight excluding hydrogens is 579 g/mol. The average molecular weight is 595 g/mol. The fourth-order valence-corrected chi connectivity index (χ4v) is 4.69. The summed E-state index contributed by atoms with van der Waals surface area (Å²) in [6, 6.07) is 20.2. The Bertz CT molecular complexity index is 1190. The molecule has 3 aromatic rings. The van der Waals surface area contributed by atoms with Crippen molar-refractivity contribution in [2.75, 3.05) is 0 Å². The second-order valence-corrected chi connectivity index (χ2v) is 9.23. The van der Waals surface area contributed by atoms with Crippen LogP contribution in [-0.2, 0) is 17.9 Å². The third-order valence-electron chi connectivity index (χ3n) is 4.38. The van der Waals surface area contributed by atoms with Gasteiger partial charge in [0.15, 0.2) is 0 Å². The van der Waals surface area contributed by atoms with Crippen molar-refractivity contribution in [3.05, 3.63) is 102 Å². The van der Waals surface area contributed by atoms with E-state index < -0.39 is 5.91 Å². The summed E-state index contributed by atoms with van der Waals surface area (Å²) < 4.78 is 7.22. The first-order valence-electron chi connectivity index (χ1n) is 9.37. The molecule has 0 saturated heterocycles. The van der Waals surface area contributed by atoms with E-state index in [1.165, 1.54) is 6.08 Å². The molecule has 3 rings (SSSR count). The van der Waals surface area contributed by atoms with Gasteiger partial charge < -0.3 is 10.1 Å². The maximum Gasteiger partial charge on any atom is 0.262 e. The summed E-state index contributed by atoms with van der Waals surface area (Å²) in [5.41, 5.74) is 2.40. The molecule has 0 aliphatic carbocycles. The lowest BCUT2D eigenvalue weighted by molar-refractivity contribution is -0.117. The molecule has 0 fully saturated rings. The van der Waals surface area contributed by atoms with Gasteiger partial charge in [-0.3, -0.25) is 4.79 Å². The van der Waals surface area contributed by atoms with E-state index in [0.717, 1.165) is 11.1 Å². The van der Waals surface area contributed by atoms with Gasteiger partial charge >= 0.3 is 0 Å². The van der Waals surface area contributed by atoms with Gasteiger partial charge in [-0.1, -0.05) is 59.6 Å². The van der Waals surface area contributed by atoms with Gasteiger partial charge in [0, 0.05) is 22.2 Å². The molecule has 0 spiro atoms. The number of ether oxygens (including phenoxy) is 1. The number of hydrogen-bond acceptors (Lipinski definition) is 3. The predicted octanol–water partition coefficient (Wildman–Crippen LogP) is 7.32. The maximum absolute atomic E-state index is 12.4. The SMILES string of the molecule is N#C/C(=C/c1cc(Br)c(OCc2ccc(Cl)cc2Cl)c(Br)c1)C(=O)NCc1ccccc1. The van der Waals surface area contributed by atoms with E-state index in [9.17, 15) is 10.1 Å². The van der Waals surface area contributed by atoms with E-state index in [1.807, 2.05) is 36.4 Å². The highest BCUT2D eigenvalue weighted by Gasteiger charge is 2.13.